The lowest BCUT2D eigenvalue weighted by atomic mass is 9.96. The van der Waals surface area contributed by atoms with Crippen molar-refractivity contribution in [3.8, 4) is 34.1 Å². The average Bonchev–Trinajstić information content (AvgIpc) is 3.57. The SMILES string of the molecule is CCCCOc1cc(OCCCC)c(C(C)C)cc1-c1ncoc1-c1ccc(CN2CCCC2)cc1. The maximum Gasteiger partial charge on any atom is 0.182 e. The summed E-state index contributed by atoms with van der Waals surface area (Å²) >= 11 is 0. The fraction of sp³-hybridized carbons (Fsp3) is 0.516. The Morgan fingerprint density at radius 2 is 1.58 bits per heavy atom. The van der Waals surface area contributed by atoms with E-state index in [9.17, 15) is 0 Å². The number of ether oxygens (including phenoxy) is 2. The first kappa shape index (κ1) is 26.3. The smallest absolute Gasteiger partial charge is 0.182 e. The fourth-order valence-corrected chi connectivity index (χ4v) is 4.71. The molecule has 3 aromatic rings. The van der Waals surface area contributed by atoms with Crippen molar-refractivity contribution in [1.82, 2.24) is 9.88 Å². The van der Waals surface area contributed by atoms with Crippen molar-refractivity contribution in [3.05, 3.63) is 53.9 Å². The molecule has 4 rings (SSSR count). The van der Waals surface area contributed by atoms with Gasteiger partial charge in [0.05, 0.1) is 13.2 Å². The zero-order valence-corrected chi connectivity index (χ0v) is 22.5. The van der Waals surface area contributed by atoms with Crippen LogP contribution in [0.25, 0.3) is 22.6 Å². The van der Waals surface area contributed by atoms with E-state index in [2.05, 4.69) is 74.0 Å². The predicted molar refractivity (Wildman–Crippen MR) is 147 cm³/mol. The Morgan fingerprint density at radius 1 is 0.917 bits per heavy atom. The Labute approximate surface area is 216 Å². The summed E-state index contributed by atoms with van der Waals surface area (Å²) in [5.74, 6) is 2.80. The normalized spacial score (nSPS) is 14.0. The van der Waals surface area contributed by atoms with Gasteiger partial charge >= 0.3 is 0 Å². The van der Waals surface area contributed by atoms with Gasteiger partial charge in [-0.3, -0.25) is 4.90 Å². The fourth-order valence-electron chi connectivity index (χ4n) is 4.71. The molecule has 1 aliphatic rings. The number of hydrogen-bond acceptors (Lipinski definition) is 5. The summed E-state index contributed by atoms with van der Waals surface area (Å²) in [4.78, 5) is 7.19. The second kappa shape index (κ2) is 13.0. The molecule has 0 N–H and O–H groups in total. The Balaban J connectivity index is 1.67. The molecule has 2 heterocycles. The summed E-state index contributed by atoms with van der Waals surface area (Å²) in [6, 6.07) is 13.0. The van der Waals surface area contributed by atoms with E-state index in [0.717, 1.165) is 66.3 Å². The maximum absolute atomic E-state index is 6.30. The summed E-state index contributed by atoms with van der Waals surface area (Å²) < 4.78 is 18.5. The molecule has 194 valence electrons. The molecule has 0 saturated carbocycles. The molecule has 0 bridgehead atoms. The highest BCUT2D eigenvalue weighted by Gasteiger charge is 2.22. The van der Waals surface area contributed by atoms with Gasteiger partial charge in [-0.25, -0.2) is 4.98 Å². The van der Waals surface area contributed by atoms with Gasteiger partial charge in [-0.15, -0.1) is 0 Å². The summed E-state index contributed by atoms with van der Waals surface area (Å²) in [6.45, 7) is 13.5. The lowest BCUT2D eigenvalue weighted by molar-refractivity contribution is 0.292. The van der Waals surface area contributed by atoms with Gasteiger partial charge in [0.1, 0.15) is 17.2 Å². The monoisotopic (exact) mass is 490 g/mol. The number of likely N-dealkylation sites (tertiary alicyclic amines) is 1. The van der Waals surface area contributed by atoms with E-state index in [0.29, 0.717) is 19.1 Å². The molecule has 1 fully saturated rings. The van der Waals surface area contributed by atoms with Gasteiger partial charge in [-0.05, 0) is 61.9 Å². The van der Waals surface area contributed by atoms with E-state index < -0.39 is 0 Å². The van der Waals surface area contributed by atoms with E-state index in [-0.39, 0.29) is 0 Å². The van der Waals surface area contributed by atoms with Crippen LogP contribution in [0, 0.1) is 0 Å². The molecule has 1 saturated heterocycles. The summed E-state index contributed by atoms with van der Waals surface area (Å²) in [5.41, 5.74) is 5.31. The molecule has 1 aromatic heterocycles. The molecular formula is C31H42N2O3. The molecule has 2 aromatic carbocycles. The minimum atomic E-state index is 0.310. The topological polar surface area (TPSA) is 47.7 Å². The van der Waals surface area contributed by atoms with Crippen molar-refractivity contribution in [1.29, 1.82) is 0 Å². The predicted octanol–water partition coefficient (Wildman–Crippen LogP) is 8.09. The zero-order valence-electron chi connectivity index (χ0n) is 22.5. The summed E-state index contributed by atoms with van der Waals surface area (Å²) in [5, 5.41) is 0. The number of benzene rings is 2. The first-order valence-corrected chi connectivity index (χ1v) is 13.8. The third-order valence-corrected chi connectivity index (χ3v) is 6.89. The first-order chi connectivity index (χ1) is 17.6. The third kappa shape index (κ3) is 6.50. The molecule has 36 heavy (non-hydrogen) atoms. The molecule has 1 aliphatic heterocycles. The molecule has 0 unspecified atom stereocenters. The molecule has 5 nitrogen and oxygen atoms in total. The molecule has 0 amide bonds. The van der Waals surface area contributed by atoms with E-state index in [1.807, 2.05) is 0 Å². The van der Waals surface area contributed by atoms with Gasteiger partial charge in [0.15, 0.2) is 12.2 Å². The van der Waals surface area contributed by atoms with Crippen LogP contribution in [0.1, 0.15) is 83.3 Å². The molecule has 0 atom stereocenters. The van der Waals surface area contributed by atoms with E-state index in [1.54, 1.807) is 6.39 Å². The minimum absolute atomic E-state index is 0.310. The Morgan fingerprint density at radius 3 is 2.22 bits per heavy atom. The van der Waals surface area contributed by atoms with Crippen LogP contribution in [-0.4, -0.2) is 36.2 Å². The molecule has 0 spiro atoms. The minimum Gasteiger partial charge on any atom is -0.493 e. The van der Waals surface area contributed by atoms with Gasteiger partial charge in [0, 0.05) is 23.7 Å². The molecule has 0 aliphatic carbocycles. The maximum atomic E-state index is 6.30. The van der Waals surface area contributed by atoms with Crippen LogP contribution in [-0.2, 0) is 6.54 Å². The van der Waals surface area contributed by atoms with E-state index in [4.69, 9.17) is 13.9 Å². The van der Waals surface area contributed by atoms with Crippen molar-refractivity contribution >= 4 is 0 Å². The van der Waals surface area contributed by atoms with Crippen molar-refractivity contribution in [3.63, 3.8) is 0 Å². The standard InChI is InChI=1S/C31H42N2O3/c1-5-7-17-34-28-20-29(35-18-8-6-2)27(19-26(28)23(3)4)30-31(36-22-32-30)25-13-11-24(12-14-25)21-33-15-9-10-16-33/h11-14,19-20,22-23H,5-10,15-18,21H2,1-4H3. The van der Waals surface area contributed by atoms with Crippen molar-refractivity contribution in [2.24, 2.45) is 0 Å². The highest BCUT2D eigenvalue weighted by Crippen LogP contribution is 2.42. The van der Waals surface area contributed by atoms with Gasteiger partial charge in [-0.1, -0.05) is 64.8 Å². The number of aromatic nitrogens is 1. The molecule has 0 radical (unpaired) electrons. The summed E-state index contributed by atoms with van der Waals surface area (Å²) in [7, 11) is 0. The van der Waals surface area contributed by atoms with E-state index in [1.165, 1.54) is 37.1 Å². The van der Waals surface area contributed by atoms with Crippen LogP contribution >= 0.6 is 0 Å². The first-order valence-electron chi connectivity index (χ1n) is 13.8. The molecular weight excluding hydrogens is 448 g/mol. The van der Waals surface area contributed by atoms with Crippen molar-refractivity contribution in [2.45, 2.75) is 78.7 Å². The highest BCUT2D eigenvalue weighted by molar-refractivity contribution is 5.81. The Hall–Kier alpha value is -2.79. The second-order valence-corrected chi connectivity index (χ2v) is 10.2. The van der Waals surface area contributed by atoms with Gasteiger partial charge in [0.2, 0.25) is 0 Å². The van der Waals surface area contributed by atoms with Gasteiger partial charge in [0.25, 0.3) is 0 Å². The van der Waals surface area contributed by atoms with Crippen LogP contribution in [0.15, 0.2) is 47.2 Å². The van der Waals surface area contributed by atoms with Crippen LogP contribution in [0.4, 0.5) is 0 Å². The third-order valence-electron chi connectivity index (χ3n) is 6.89. The highest BCUT2D eigenvalue weighted by atomic mass is 16.5. The quantitative estimate of drug-likeness (QED) is 0.227. The second-order valence-electron chi connectivity index (χ2n) is 10.2. The number of nitrogens with zero attached hydrogens (tertiary/aromatic N) is 2. The van der Waals surface area contributed by atoms with Crippen LogP contribution in [0.2, 0.25) is 0 Å². The summed E-state index contributed by atoms with van der Waals surface area (Å²) in [6.07, 6.45) is 8.38. The van der Waals surface area contributed by atoms with Crippen LogP contribution in [0.3, 0.4) is 0 Å². The zero-order chi connectivity index (χ0) is 25.3. The lowest BCUT2D eigenvalue weighted by Crippen LogP contribution is -2.18. The van der Waals surface area contributed by atoms with Crippen LogP contribution in [0.5, 0.6) is 11.5 Å². The number of oxazole rings is 1. The number of unbranched alkanes of at least 4 members (excludes halogenated alkanes) is 2. The van der Waals surface area contributed by atoms with Crippen LogP contribution < -0.4 is 9.47 Å². The molecule has 5 heteroatoms. The van der Waals surface area contributed by atoms with Gasteiger partial charge < -0.3 is 13.9 Å². The average molecular weight is 491 g/mol. The van der Waals surface area contributed by atoms with Crippen molar-refractivity contribution < 1.29 is 13.9 Å². The Bertz CT molecular complexity index is 1080. The van der Waals surface area contributed by atoms with Crippen molar-refractivity contribution in [2.75, 3.05) is 26.3 Å². The Kier molecular flexibility index (Phi) is 9.46. The van der Waals surface area contributed by atoms with E-state index >= 15 is 0 Å². The van der Waals surface area contributed by atoms with Gasteiger partial charge in [-0.2, -0.15) is 0 Å². The number of rotatable bonds is 13. The largest absolute Gasteiger partial charge is 0.493 e. The number of hydrogen-bond donors (Lipinski definition) is 0. The lowest BCUT2D eigenvalue weighted by Gasteiger charge is -2.19.